The van der Waals surface area contributed by atoms with E-state index in [0.717, 1.165) is 27.9 Å². The van der Waals surface area contributed by atoms with Crippen molar-refractivity contribution < 1.29 is 9.59 Å². The van der Waals surface area contributed by atoms with E-state index in [4.69, 9.17) is 0 Å². The maximum atomic E-state index is 12.4. The van der Waals surface area contributed by atoms with Gasteiger partial charge in [-0.2, -0.15) is 5.26 Å². The minimum atomic E-state index is -0.292. The van der Waals surface area contributed by atoms with E-state index in [9.17, 15) is 14.9 Å². The van der Waals surface area contributed by atoms with Crippen LogP contribution in [0, 0.1) is 32.1 Å². The molecule has 1 heterocycles. The van der Waals surface area contributed by atoms with Crippen molar-refractivity contribution in [3.8, 4) is 6.07 Å². The Morgan fingerprint density at radius 3 is 2.55 bits per heavy atom. The topological polar surface area (TPSA) is 82.0 Å². The molecule has 2 N–H and O–H groups in total. The highest BCUT2D eigenvalue weighted by Gasteiger charge is 2.29. The molecule has 148 valence electrons. The summed E-state index contributed by atoms with van der Waals surface area (Å²) in [6, 6.07) is 15.8. The van der Waals surface area contributed by atoms with Crippen LogP contribution in [0.5, 0.6) is 0 Å². The lowest BCUT2D eigenvalue weighted by Crippen LogP contribution is -2.31. The van der Waals surface area contributed by atoms with Crippen molar-refractivity contribution in [3.63, 3.8) is 0 Å². The molecule has 1 aliphatic heterocycles. The van der Waals surface area contributed by atoms with Crippen molar-refractivity contribution in [1.29, 1.82) is 5.26 Å². The van der Waals surface area contributed by atoms with Gasteiger partial charge in [-0.15, -0.1) is 0 Å². The third kappa shape index (κ3) is 5.07. The minimum absolute atomic E-state index is 0.105. The molecule has 29 heavy (non-hydrogen) atoms. The standard InChI is InChI=1S/C23H23N3O2S/c1-14-4-7-17(8-5-14)19-11-21(27)26-23(20(19)12-24)29-13-22(28)25-18-9-6-15(2)16(3)10-18/h4-10,19H,11,13H2,1-3H3,(H,25,28)(H,26,27)/t19-/m0/s1. The summed E-state index contributed by atoms with van der Waals surface area (Å²) in [4.78, 5) is 24.6. The smallest absolute Gasteiger partial charge is 0.234 e. The quantitative estimate of drug-likeness (QED) is 0.776. The van der Waals surface area contributed by atoms with Gasteiger partial charge in [0.25, 0.3) is 0 Å². The Balaban J connectivity index is 1.74. The highest BCUT2D eigenvalue weighted by atomic mass is 32.2. The summed E-state index contributed by atoms with van der Waals surface area (Å²) in [5.41, 5.74) is 5.54. The number of nitrogens with one attached hydrogen (secondary N) is 2. The maximum Gasteiger partial charge on any atom is 0.234 e. The predicted molar refractivity (Wildman–Crippen MR) is 116 cm³/mol. The van der Waals surface area contributed by atoms with Gasteiger partial charge in [0.2, 0.25) is 11.8 Å². The minimum Gasteiger partial charge on any atom is -0.325 e. The summed E-state index contributed by atoms with van der Waals surface area (Å²) in [6.45, 7) is 6.00. The molecule has 0 fully saturated rings. The highest BCUT2D eigenvalue weighted by molar-refractivity contribution is 8.03. The summed E-state index contributed by atoms with van der Waals surface area (Å²) < 4.78 is 0. The fourth-order valence-electron chi connectivity index (χ4n) is 3.17. The number of allylic oxidation sites excluding steroid dienone is 1. The molecular weight excluding hydrogens is 382 g/mol. The van der Waals surface area contributed by atoms with Crippen LogP contribution in [0.15, 0.2) is 53.1 Å². The van der Waals surface area contributed by atoms with Gasteiger partial charge < -0.3 is 10.6 Å². The van der Waals surface area contributed by atoms with Gasteiger partial charge >= 0.3 is 0 Å². The average molecular weight is 406 g/mol. The number of benzene rings is 2. The molecular formula is C23H23N3O2S. The molecule has 3 rings (SSSR count). The number of hydrogen-bond donors (Lipinski definition) is 2. The zero-order valence-corrected chi connectivity index (χ0v) is 17.5. The van der Waals surface area contributed by atoms with Crippen molar-refractivity contribution in [2.75, 3.05) is 11.1 Å². The molecule has 0 aliphatic carbocycles. The van der Waals surface area contributed by atoms with Gasteiger partial charge in [0.15, 0.2) is 0 Å². The zero-order chi connectivity index (χ0) is 21.0. The van der Waals surface area contributed by atoms with Gasteiger partial charge in [0.1, 0.15) is 0 Å². The second kappa shape index (κ2) is 8.97. The Morgan fingerprint density at radius 2 is 1.90 bits per heavy atom. The number of hydrogen-bond acceptors (Lipinski definition) is 4. The van der Waals surface area contributed by atoms with Gasteiger partial charge in [-0.25, -0.2) is 0 Å². The van der Waals surface area contributed by atoms with Crippen LogP contribution < -0.4 is 10.6 Å². The first-order valence-electron chi connectivity index (χ1n) is 9.38. The van der Waals surface area contributed by atoms with E-state index >= 15 is 0 Å². The molecule has 0 saturated heterocycles. The normalized spacial score (nSPS) is 16.2. The van der Waals surface area contributed by atoms with Gasteiger partial charge in [0, 0.05) is 18.0 Å². The first-order valence-corrected chi connectivity index (χ1v) is 10.4. The SMILES string of the molecule is Cc1ccc([C@@H]2CC(=O)NC(SCC(=O)Nc3ccc(C)c(C)c3)=C2C#N)cc1. The summed E-state index contributed by atoms with van der Waals surface area (Å²) in [6.07, 6.45) is 0.227. The lowest BCUT2D eigenvalue weighted by Gasteiger charge is -2.25. The number of rotatable bonds is 5. The van der Waals surface area contributed by atoms with E-state index in [1.54, 1.807) is 0 Å². The molecule has 2 aromatic carbocycles. The third-order valence-electron chi connectivity index (χ3n) is 4.97. The number of nitrogens with zero attached hydrogens (tertiary/aromatic N) is 1. The number of carbonyl (C=O) groups excluding carboxylic acids is 2. The third-order valence-corrected chi connectivity index (χ3v) is 5.99. The van der Waals surface area contributed by atoms with Crippen molar-refractivity contribution in [2.45, 2.75) is 33.1 Å². The molecule has 0 unspecified atom stereocenters. The van der Waals surface area contributed by atoms with E-state index in [1.165, 1.54) is 11.8 Å². The predicted octanol–water partition coefficient (Wildman–Crippen LogP) is 4.32. The number of nitriles is 1. The number of carbonyl (C=O) groups is 2. The monoisotopic (exact) mass is 405 g/mol. The Morgan fingerprint density at radius 1 is 1.17 bits per heavy atom. The van der Waals surface area contributed by atoms with Crippen molar-refractivity contribution in [1.82, 2.24) is 5.32 Å². The maximum absolute atomic E-state index is 12.4. The molecule has 6 heteroatoms. The Labute approximate surface area is 175 Å². The van der Waals surface area contributed by atoms with Crippen LogP contribution in [-0.2, 0) is 9.59 Å². The molecule has 0 saturated carbocycles. The first-order chi connectivity index (χ1) is 13.9. The molecule has 0 aromatic heterocycles. The van der Waals surface area contributed by atoms with E-state index in [-0.39, 0.29) is 29.9 Å². The van der Waals surface area contributed by atoms with Crippen molar-refractivity contribution in [3.05, 3.63) is 75.3 Å². The Bertz CT molecular complexity index is 1020. The molecule has 2 amide bonds. The number of amides is 2. The fourth-order valence-corrected chi connectivity index (χ4v) is 4.05. The van der Waals surface area contributed by atoms with E-state index < -0.39 is 0 Å². The number of thioether (sulfide) groups is 1. The summed E-state index contributed by atoms with van der Waals surface area (Å²) in [5.74, 6) is -0.519. The molecule has 5 nitrogen and oxygen atoms in total. The molecule has 2 aromatic rings. The van der Waals surface area contributed by atoms with Crippen LogP contribution in [0.3, 0.4) is 0 Å². The van der Waals surface area contributed by atoms with E-state index in [0.29, 0.717) is 10.6 Å². The highest BCUT2D eigenvalue weighted by Crippen LogP contribution is 2.36. The van der Waals surface area contributed by atoms with Crippen LogP contribution in [-0.4, -0.2) is 17.6 Å². The second-order valence-corrected chi connectivity index (χ2v) is 8.19. The molecule has 0 radical (unpaired) electrons. The summed E-state index contributed by atoms with van der Waals surface area (Å²) >= 11 is 1.18. The zero-order valence-electron chi connectivity index (χ0n) is 16.7. The second-order valence-electron chi connectivity index (χ2n) is 7.21. The molecule has 0 spiro atoms. The molecule has 0 bridgehead atoms. The van der Waals surface area contributed by atoms with Gasteiger partial charge in [0.05, 0.1) is 22.4 Å². The van der Waals surface area contributed by atoms with E-state index in [1.807, 2.05) is 63.2 Å². The van der Waals surface area contributed by atoms with Gasteiger partial charge in [-0.3, -0.25) is 9.59 Å². The molecule has 1 atom stereocenters. The van der Waals surface area contributed by atoms with Crippen molar-refractivity contribution in [2.24, 2.45) is 0 Å². The van der Waals surface area contributed by atoms with Crippen LogP contribution >= 0.6 is 11.8 Å². The van der Waals surface area contributed by atoms with Crippen LogP contribution in [0.25, 0.3) is 0 Å². The fraction of sp³-hybridized carbons (Fsp3) is 0.261. The average Bonchev–Trinajstić information content (AvgIpc) is 2.69. The van der Waals surface area contributed by atoms with Crippen LogP contribution in [0.4, 0.5) is 5.69 Å². The number of aryl methyl sites for hydroxylation is 3. The Kier molecular flexibility index (Phi) is 6.40. The summed E-state index contributed by atoms with van der Waals surface area (Å²) in [7, 11) is 0. The van der Waals surface area contributed by atoms with Gasteiger partial charge in [-0.05, 0) is 49.6 Å². The Hall–Kier alpha value is -3.04. The van der Waals surface area contributed by atoms with E-state index in [2.05, 4.69) is 16.7 Å². The lowest BCUT2D eigenvalue weighted by atomic mass is 9.87. The van der Waals surface area contributed by atoms with Crippen LogP contribution in [0.2, 0.25) is 0 Å². The first kappa shape index (κ1) is 20.7. The summed E-state index contributed by atoms with van der Waals surface area (Å²) in [5, 5.41) is 15.8. The largest absolute Gasteiger partial charge is 0.325 e. The molecule has 1 aliphatic rings. The van der Waals surface area contributed by atoms with Crippen LogP contribution in [0.1, 0.15) is 34.6 Å². The lowest BCUT2D eigenvalue weighted by molar-refractivity contribution is -0.121. The van der Waals surface area contributed by atoms with Gasteiger partial charge in [-0.1, -0.05) is 47.7 Å². The van der Waals surface area contributed by atoms with Crippen molar-refractivity contribution >= 4 is 29.3 Å². The number of anilines is 1.